The second-order valence-corrected chi connectivity index (χ2v) is 6.48. The molecule has 2 aromatic rings. The maximum absolute atomic E-state index is 13.0. The van der Waals surface area contributed by atoms with E-state index in [1.807, 2.05) is 38.1 Å². The largest absolute Gasteiger partial charge is 0.352 e. The summed E-state index contributed by atoms with van der Waals surface area (Å²) in [6.07, 6.45) is 0. The molecule has 124 valence electrons. The van der Waals surface area contributed by atoms with Crippen LogP contribution in [-0.4, -0.2) is 29.8 Å². The van der Waals surface area contributed by atoms with Crippen LogP contribution in [0.1, 0.15) is 33.1 Å². The molecule has 0 aliphatic carbocycles. The molecule has 3 rings (SSSR count). The number of rotatable bonds is 2. The van der Waals surface area contributed by atoms with E-state index in [0.29, 0.717) is 23.7 Å². The van der Waals surface area contributed by atoms with Crippen molar-refractivity contribution in [2.45, 2.75) is 19.9 Å². The van der Waals surface area contributed by atoms with Crippen molar-refractivity contribution in [2.75, 3.05) is 13.1 Å². The highest BCUT2D eigenvalue weighted by atomic mass is 35.5. The molecule has 1 saturated heterocycles. The molecule has 1 atom stereocenters. The van der Waals surface area contributed by atoms with Crippen LogP contribution in [0.4, 0.5) is 0 Å². The summed E-state index contributed by atoms with van der Waals surface area (Å²) in [5.74, 6) is -0.321. The summed E-state index contributed by atoms with van der Waals surface area (Å²) in [6, 6.07) is 12.1. The maximum Gasteiger partial charge on any atom is 0.254 e. The van der Waals surface area contributed by atoms with Crippen molar-refractivity contribution in [3.63, 3.8) is 0 Å². The van der Waals surface area contributed by atoms with Crippen LogP contribution in [0, 0.1) is 13.8 Å². The fraction of sp³-hybridized carbons (Fsp3) is 0.263. The van der Waals surface area contributed by atoms with Crippen LogP contribution in [0.15, 0.2) is 42.5 Å². The predicted molar refractivity (Wildman–Crippen MR) is 94.2 cm³/mol. The van der Waals surface area contributed by atoms with E-state index in [1.165, 1.54) is 0 Å². The molecule has 0 saturated carbocycles. The van der Waals surface area contributed by atoms with Gasteiger partial charge in [-0.15, -0.1) is 0 Å². The van der Waals surface area contributed by atoms with Gasteiger partial charge in [-0.1, -0.05) is 29.8 Å². The maximum atomic E-state index is 13.0. The minimum absolute atomic E-state index is 0.141. The molecular formula is C19H19ClN2O2. The molecule has 0 bridgehead atoms. The van der Waals surface area contributed by atoms with E-state index in [4.69, 9.17) is 11.6 Å². The van der Waals surface area contributed by atoms with Gasteiger partial charge in [-0.3, -0.25) is 9.59 Å². The van der Waals surface area contributed by atoms with Gasteiger partial charge in [0.25, 0.3) is 5.91 Å². The lowest BCUT2D eigenvalue weighted by atomic mass is 10.00. The SMILES string of the molecule is Cc1ccc(C(=O)N2CCNC(=O)C2c2cccc(Cl)c2)cc1C. The predicted octanol–water partition coefficient (Wildman–Crippen LogP) is 3.27. The van der Waals surface area contributed by atoms with Gasteiger partial charge < -0.3 is 10.2 Å². The minimum Gasteiger partial charge on any atom is -0.352 e. The zero-order valence-electron chi connectivity index (χ0n) is 13.7. The molecule has 1 aliphatic heterocycles. The van der Waals surface area contributed by atoms with Crippen molar-refractivity contribution >= 4 is 23.4 Å². The van der Waals surface area contributed by atoms with Crippen molar-refractivity contribution in [3.8, 4) is 0 Å². The highest BCUT2D eigenvalue weighted by molar-refractivity contribution is 6.30. The summed E-state index contributed by atoms with van der Waals surface area (Å²) in [6.45, 7) is 4.90. The number of nitrogens with one attached hydrogen (secondary N) is 1. The Morgan fingerprint density at radius 1 is 1.17 bits per heavy atom. The average Bonchev–Trinajstić information content (AvgIpc) is 2.56. The van der Waals surface area contributed by atoms with Gasteiger partial charge >= 0.3 is 0 Å². The quantitative estimate of drug-likeness (QED) is 0.910. The van der Waals surface area contributed by atoms with Crippen LogP contribution in [0.25, 0.3) is 0 Å². The van der Waals surface area contributed by atoms with Crippen molar-refractivity contribution in [1.82, 2.24) is 10.2 Å². The van der Waals surface area contributed by atoms with Crippen LogP contribution in [-0.2, 0) is 4.79 Å². The number of piperazine rings is 1. The molecule has 2 aromatic carbocycles. The van der Waals surface area contributed by atoms with Gasteiger partial charge in [0.15, 0.2) is 0 Å². The lowest BCUT2D eigenvalue weighted by Crippen LogP contribution is -2.52. The second kappa shape index (κ2) is 6.65. The van der Waals surface area contributed by atoms with E-state index in [0.717, 1.165) is 16.7 Å². The van der Waals surface area contributed by atoms with Gasteiger partial charge in [-0.05, 0) is 54.8 Å². The number of hydrogen-bond acceptors (Lipinski definition) is 2. The van der Waals surface area contributed by atoms with Crippen molar-refractivity contribution in [1.29, 1.82) is 0 Å². The van der Waals surface area contributed by atoms with Crippen LogP contribution < -0.4 is 5.32 Å². The summed E-state index contributed by atoms with van der Waals surface area (Å²) < 4.78 is 0. The second-order valence-electron chi connectivity index (χ2n) is 6.05. The van der Waals surface area contributed by atoms with Crippen molar-refractivity contribution in [3.05, 3.63) is 69.7 Å². The van der Waals surface area contributed by atoms with Gasteiger partial charge in [0.2, 0.25) is 5.91 Å². The highest BCUT2D eigenvalue weighted by Crippen LogP contribution is 2.27. The zero-order chi connectivity index (χ0) is 17.3. The standard InChI is InChI=1S/C19H19ClN2O2/c1-12-6-7-15(10-13(12)2)19(24)22-9-8-21-18(23)17(22)14-4-3-5-16(20)11-14/h3-7,10-11,17H,8-9H2,1-2H3,(H,21,23). The minimum atomic E-state index is -0.661. The number of carbonyl (C=O) groups is 2. The number of amides is 2. The number of halogens is 1. The molecule has 1 N–H and O–H groups in total. The lowest BCUT2D eigenvalue weighted by Gasteiger charge is -2.35. The molecule has 2 amide bonds. The molecule has 1 aliphatic rings. The Balaban J connectivity index is 1.98. The lowest BCUT2D eigenvalue weighted by molar-refractivity contribution is -0.128. The molecule has 1 heterocycles. The molecule has 0 spiro atoms. The van der Waals surface area contributed by atoms with Crippen LogP contribution >= 0.6 is 11.6 Å². The van der Waals surface area contributed by atoms with Crippen LogP contribution in [0.2, 0.25) is 5.02 Å². The molecule has 0 aromatic heterocycles. The van der Waals surface area contributed by atoms with Gasteiger partial charge in [0, 0.05) is 23.7 Å². The molecule has 1 fully saturated rings. The number of hydrogen-bond donors (Lipinski definition) is 1. The number of benzene rings is 2. The Bertz CT molecular complexity index is 804. The summed E-state index contributed by atoms with van der Waals surface area (Å²) in [7, 11) is 0. The van der Waals surface area contributed by atoms with Crippen molar-refractivity contribution < 1.29 is 9.59 Å². The number of aryl methyl sites for hydroxylation is 2. The number of carbonyl (C=O) groups excluding carboxylic acids is 2. The zero-order valence-corrected chi connectivity index (χ0v) is 14.4. The third-order valence-electron chi connectivity index (χ3n) is 4.39. The van der Waals surface area contributed by atoms with E-state index in [1.54, 1.807) is 23.1 Å². The van der Waals surface area contributed by atoms with Gasteiger partial charge in [0.05, 0.1) is 0 Å². The van der Waals surface area contributed by atoms with Gasteiger partial charge in [-0.25, -0.2) is 0 Å². The van der Waals surface area contributed by atoms with Gasteiger partial charge in [-0.2, -0.15) is 0 Å². The Morgan fingerprint density at radius 2 is 1.96 bits per heavy atom. The normalized spacial score (nSPS) is 17.5. The smallest absolute Gasteiger partial charge is 0.254 e. The summed E-state index contributed by atoms with van der Waals surface area (Å²) in [5, 5.41) is 3.38. The first-order valence-corrected chi connectivity index (χ1v) is 8.26. The summed E-state index contributed by atoms with van der Waals surface area (Å²) in [4.78, 5) is 27.0. The molecular weight excluding hydrogens is 324 g/mol. The van der Waals surface area contributed by atoms with E-state index in [9.17, 15) is 9.59 Å². The van der Waals surface area contributed by atoms with Crippen LogP contribution in [0.5, 0.6) is 0 Å². The Morgan fingerprint density at radius 3 is 2.67 bits per heavy atom. The first kappa shape index (κ1) is 16.5. The monoisotopic (exact) mass is 342 g/mol. The molecule has 24 heavy (non-hydrogen) atoms. The summed E-state index contributed by atoms with van der Waals surface area (Å²) >= 11 is 6.06. The third-order valence-corrected chi connectivity index (χ3v) is 4.63. The Kier molecular flexibility index (Phi) is 4.58. The third kappa shape index (κ3) is 3.15. The topological polar surface area (TPSA) is 49.4 Å². The highest BCUT2D eigenvalue weighted by Gasteiger charge is 2.34. The van der Waals surface area contributed by atoms with Crippen molar-refractivity contribution in [2.24, 2.45) is 0 Å². The van der Waals surface area contributed by atoms with E-state index in [2.05, 4.69) is 5.32 Å². The summed E-state index contributed by atoms with van der Waals surface area (Å²) in [5.41, 5.74) is 3.51. The fourth-order valence-electron chi connectivity index (χ4n) is 2.93. The Hall–Kier alpha value is -2.33. The average molecular weight is 343 g/mol. The molecule has 1 unspecified atom stereocenters. The first-order chi connectivity index (χ1) is 11.5. The first-order valence-electron chi connectivity index (χ1n) is 7.89. The van der Waals surface area contributed by atoms with E-state index < -0.39 is 6.04 Å². The van der Waals surface area contributed by atoms with Gasteiger partial charge in [0.1, 0.15) is 6.04 Å². The molecule has 4 nitrogen and oxygen atoms in total. The molecule has 0 radical (unpaired) electrons. The van der Waals surface area contributed by atoms with Crippen LogP contribution in [0.3, 0.4) is 0 Å². The Labute approximate surface area is 146 Å². The molecule has 5 heteroatoms. The number of nitrogens with zero attached hydrogens (tertiary/aromatic N) is 1. The van der Waals surface area contributed by atoms with E-state index >= 15 is 0 Å². The fourth-order valence-corrected chi connectivity index (χ4v) is 3.13. The van der Waals surface area contributed by atoms with E-state index in [-0.39, 0.29) is 11.8 Å².